The van der Waals surface area contributed by atoms with Crippen molar-refractivity contribution in [3.8, 4) is 0 Å². The van der Waals surface area contributed by atoms with Crippen LogP contribution in [0, 0.1) is 5.92 Å². The van der Waals surface area contributed by atoms with Gasteiger partial charge in [0, 0.05) is 13.0 Å². The minimum absolute atomic E-state index is 0.0107. The third-order valence-electron chi connectivity index (χ3n) is 4.79. The maximum Gasteiger partial charge on any atom is 0.239 e. The minimum Gasteiger partial charge on any atom is -0.348 e. The molecule has 4 N–H and O–H groups in total. The Morgan fingerprint density at radius 1 is 1.10 bits per heavy atom. The number of amides is 2. The lowest BCUT2D eigenvalue weighted by molar-refractivity contribution is -0.127. The van der Waals surface area contributed by atoms with Crippen LogP contribution in [-0.4, -0.2) is 30.4 Å². The molecule has 2 amide bonds. The molecule has 122 valence electrons. The predicted octanol–water partition coefficient (Wildman–Crippen LogP) is 1.71. The third-order valence-corrected chi connectivity index (χ3v) is 4.79. The van der Waals surface area contributed by atoms with E-state index in [0.29, 0.717) is 18.9 Å². The highest BCUT2D eigenvalue weighted by Gasteiger charge is 2.26. The van der Waals surface area contributed by atoms with E-state index in [-0.39, 0.29) is 23.9 Å². The number of carbonyl (C=O) groups is 2. The molecule has 0 bridgehead atoms. The van der Waals surface area contributed by atoms with Crippen molar-refractivity contribution in [1.29, 1.82) is 0 Å². The zero-order chi connectivity index (χ0) is 15.7. The van der Waals surface area contributed by atoms with Gasteiger partial charge in [0.1, 0.15) is 0 Å². The van der Waals surface area contributed by atoms with Gasteiger partial charge in [-0.3, -0.25) is 9.59 Å². The highest BCUT2D eigenvalue weighted by atomic mass is 16.2. The fourth-order valence-electron chi connectivity index (χ4n) is 3.01. The van der Waals surface area contributed by atoms with Crippen molar-refractivity contribution in [2.45, 2.75) is 70.8 Å². The smallest absolute Gasteiger partial charge is 0.239 e. The van der Waals surface area contributed by atoms with Gasteiger partial charge >= 0.3 is 0 Å². The lowest BCUT2D eigenvalue weighted by Crippen LogP contribution is -2.55. The summed E-state index contributed by atoms with van der Waals surface area (Å²) in [5, 5.41) is 5.69. The van der Waals surface area contributed by atoms with Gasteiger partial charge in [-0.25, -0.2) is 0 Å². The van der Waals surface area contributed by atoms with E-state index in [1.165, 1.54) is 19.3 Å². The second kappa shape index (κ2) is 9.03. The first kappa shape index (κ1) is 18.0. The maximum atomic E-state index is 12.0. The average molecular weight is 297 g/mol. The van der Waals surface area contributed by atoms with Gasteiger partial charge in [-0.05, 0) is 31.6 Å². The van der Waals surface area contributed by atoms with Crippen LogP contribution in [0.1, 0.15) is 65.2 Å². The average Bonchev–Trinajstić information content (AvgIpc) is 2.52. The Bertz CT molecular complexity index is 326. The van der Waals surface area contributed by atoms with Crippen LogP contribution >= 0.6 is 0 Å². The zero-order valence-corrected chi connectivity index (χ0v) is 13.5. The SMILES string of the molecule is CCC(CC)(CN)NC(=O)CNC(=O)CC1CCCCC1. The van der Waals surface area contributed by atoms with Gasteiger partial charge in [-0.2, -0.15) is 0 Å². The highest BCUT2D eigenvalue weighted by molar-refractivity contribution is 5.85. The molecule has 0 aromatic carbocycles. The molecule has 0 unspecified atom stereocenters. The number of nitrogens with one attached hydrogen (secondary N) is 2. The van der Waals surface area contributed by atoms with E-state index < -0.39 is 0 Å². The summed E-state index contributed by atoms with van der Waals surface area (Å²) in [5.74, 6) is 0.334. The summed E-state index contributed by atoms with van der Waals surface area (Å²) in [6.45, 7) is 4.49. The van der Waals surface area contributed by atoms with Crippen LogP contribution < -0.4 is 16.4 Å². The summed E-state index contributed by atoms with van der Waals surface area (Å²) < 4.78 is 0. The molecule has 21 heavy (non-hydrogen) atoms. The van der Waals surface area contributed by atoms with E-state index in [9.17, 15) is 9.59 Å². The topological polar surface area (TPSA) is 84.2 Å². The Balaban J connectivity index is 2.29. The van der Waals surface area contributed by atoms with Crippen molar-refractivity contribution >= 4 is 11.8 Å². The number of hydrogen-bond acceptors (Lipinski definition) is 3. The van der Waals surface area contributed by atoms with Crippen molar-refractivity contribution in [3.05, 3.63) is 0 Å². The Morgan fingerprint density at radius 2 is 1.71 bits per heavy atom. The Labute approximate surface area is 128 Å². The van der Waals surface area contributed by atoms with Crippen molar-refractivity contribution in [2.24, 2.45) is 11.7 Å². The molecule has 0 aliphatic heterocycles. The molecular formula is C16H31N3O2. The molecule has 0 aromatic heterocycles. The minimum atomic E-state index is -0.342. The molecule has 5 nitrogen and oxygen atoms in total. The zero-order valence-electron chi connectivity index (χ0n) is 13.5. The maximum absolute atomic E-state index is 12.0. The van der Waals surface area contributed by atoms with E-state index in [1.54, 1.807) is 0 Å². The standard InChI is InChI=1S/C16H31N3O2/c1-3-16(4-2,12-17)19-15(21)11-18-14(20)10-13-8-6-5-7-9-13/h13H,3-12,17H2,1-2H3,(H,18,20)(H,19,21). The van der Waals surface area contributed by atoms with Crippen molar-refractivity contribution in [2.75, 3.05) is 13.1 Å². The molecule has 0 saturated heterocycles. The number of rotatable bonds is 8. The lowest BCUT2D eigenvalue weighted by atomic mass is 9.87. The summed E-state index contributed by atoms with van der Waals surface area (Å²) in [6, 6.07) is 0. The monoisotopic (exact) mass is 297 g/mol. The van der Waals surface area contributed by atoms with E-state index in [4.69, 9.17) is 5.73 Å². The van der Waals surface area contributed by atoms with Crippen LogP contribution in [-0.2, 0) is 9.59 Å². The second-order valence-corrected chi connectivity index (χ2v) is 6.22. The number of hydrogen-bond donors (Lipinski definition) is 3. The molecule has 0 spiro atoms. The molecule has 1 saturated carbocycles. The summed E-state index contributed by atoms with van der Waals surface area (Å²) in [6.07, 6.45) is 8.16. The molecule has 0 atom stereocenters. The summed E-state index contributed by atoms with van der Waals surface area (Å²) >= 11 is 0. The van der Waals surface area contributed by atoms with Crippen LogP contribution in [0.5, 0.6) is 0 Å². The van der Waals surface area contributed by atoms with Gasteiger partial charge in [-0.15, -0.1) is 0 Å². The summed E-state index contributed by atoms with van der Waals surface area (Å²) in [5.41, 5.74) is 5.41. The summed E-state index contributed by atoms with van der Waals surface area (Å²) in [7, 11) is 0. The first-order valence-corrected chi connectivity index (χ1v) is 8.33. The predicted molar refractivity (Wildman–Crippen MR) is 84.7 cm³/mol. The van der Waals surface area contributed by atoms with Crippen molar-refractivity contribution in [3.63, 3.8) is 0 Å². The molecular weight excluding hydrogens is 266 g/mol. The fourth-order valence-corrected chi connectivity index (χ4v) is 3.01. The van der Waals surface area contributed by atoms with Gasteiger partial charge in [0.2, 0.25) is 11.8 Å². The number of carbonyl (C=O) groups excluding carboxylic acids is 2. The molecule has 1 aliphatic rings. The normalized spacial score (nSPS) is 16.5. The second-order valence-electron chi connectivity index (χ2n) is 6.22. The molecule has 1 aliphatic carbocycles. The highest BCUT2D eigenvalue weighted by Crippen LogP contribution is 2.25. The quantitative estimate of drug-likeness (QED) is 0.637. The van der Waals surface area contributed by atoms with Gasteiger partial charge in [0.25, 0.3) is 0 Å². The van der Waals surface area contributed by atoms with Crippen LogP contribution in [0.4, 0.5) is 0 Å². The van der Waals surface area contributed by atoms with Crippen molar-refractivity contribution in [1.82, 2.24) is 10.6 Å². The van der Waals surface area contributed by atoms with Gasteiger partial charge < -0.3 is 16.4 Å². The molecule has 0 radical (unpaired) electrons. The summed E-state index contributed by atoms with van der Waals surface area (Å²) in [4.78, 5) is 23.8. The molecule has 0 heterocycles. The van der Waals surface area contributed by atoms with E-state index in [0.717, 1.165) is 25.7 Å². The van der Waals surface area contributed by atoms with E-state index in [1.807, 2.05) is 13.8 Å². The van der Waals surface area contributed by atoms with Gasteiger partial charge in [-0.1, -0.05) is 33.1 Å². The van der Waals surface area contributed by atoms with Crippen molar-refractivity contribution < 1.29 is 9.59 Å². The van der Waals surface area contributed by atoms with Crippen LogP contribution in [0.15, 0.2) is 0 Å². The largest absolute Gasteiger partial charge is 0.348 e. The van der Waals surface area contributed by atoms with E-state index in [2.05, 4.69) is 10.6 Å². The van der Waals surface area contributed by atoms with Gasteiger partial charge in [0.15, 0.2) is 0 Å². The Morgan fingerprint density at radius 3 is 2.24 bits per heavy atom. The van der Waals surface area contributed by atoms with Gasteiger partial charge in [0.05, 0.1) is 12.1 Å². The van der Waals surface area contributed by atoms with Crippen LogP contribution in [0.25, 0.3) is 0 Å². The molecule has 0 aromatic rings. The van der Waals surface area contributed by atoms with E-state index >= 15 is 0 Å². The van der Waals surface area contributed by atoms with Crippen LogP contribution in [0.3, 0.4) is 0 Å². The first-order chi connectivity index (χ1) is 10.0. The van der Waals surface area contributed by atoms with Crippen LogP contribution in [0.2, 0.25) is 0 Å². The molecule has 1 fully saturated rings. The third kappa shape index (κ3) is 6.04. The lowest BCUT2D eigenvalue weighted by Gasteiger charge is -2.31. The Hall–Kier alpha value is -1.10. The fraction of sp³-hybridized carbons (Fsp3) is 0.875. The molecule has 5 heteroatoms. The Kier molecular flexibility index (Phi) is 7.72. The number of nitrogens with two attached hydrogens (primary N) is 1. The first-order valence-electron chi connectivity index (χ1n) is 8.33. The molecule has 1 rings (SSSR count).